The fourth-order valence-corrected chi connectivity index (χ4v) is 0.400. The summed E-state index contributed by atoms with van der Waals surface area (Å²) in [5.74, 6) is 0. The van der Waals surface area contributed by atoms with Gasteiger partial charge < -0.3 is 14.3 Å². The van der Waals surface area contributed by atoms with Crippen LogP contribution in [0.5, 0.6) is 0 Å². The molecule has 5 heteroatoms. The third kappa shape index (κ3) is 4.58. The Morgan fingerprint density at radius 2 is 2.38 bits per heavy atom. The molecule has 0 saturated carbocycles. The molecule has 0 bridgehead atoms. The lowest BCUT2D eigenvalue weighted by molar-refractivity contribution is 0.169. The van der Waals surface area contributed by atoms with E-state index >= 15 is 0 Å². The lowest BCUT2D eigenvalue weighted by Gasteiger charge is -2.00. The second-order valence-corrected chi connectivity index (χ2v) is 1.90. The van der Waals surface area contributed by atoms with Crippen LogP contribution in [0.25, 0.3) is 0 Å². The van der Waals surface area contributed by atoms with Crippen molar-refractivity contribution in [1.29, 1.82) is 0 Å². The predicted octanol–water partition coefficient (Wildman–Crippen LogP) is 0.0215. The van der Waals surface area contributed by atoms with Crippen LogP contribution in [0.3, 0.4) is 0 Å². The fourth-order valence-electron chi connectivity index (χ4n) is 0.213. The van der Waals surface area contributed by atoms with Gasteiger partial charge in [0.15, 0.2) is 0 Å². The molecule has 0 radical (unpaired) electrons. The third-order valence-electron chi connectivity index (χ3n) is 0.539. The van der Waals surface area contributed by atoms with E-state index < -0.39 is 7.32 Å². The molecule has 0 aromatic heterocycles. The van der Waals surface area contributed by atoms with Gasteiger partial charge in [-0.05, 0) is 0 Å². The fraction of sp³-hybridized carbons (Fsp3) is 1.00. The Kier molecular flexibility index (Phi) is 5.85. The van der Waals surface area contributed by atoms with Gasteiger partial charge in [0.1, 0.15) is 0 Å². The average molecular weight is 183 g/mol. The van der Waals surface area contributed by atoms with Gasteiger partial charge in [0.25, 0.3) is 0 Å². The minimum absolute atomic E-state index is 0.453. The van der Waals surface area contributed by atoms with Crippen LogP contribution in [0, 0.1) is 0 Å². The standard InChI is InChI=1S/C3H8BBrO3/c1-7-4(6)8-3-2-5/h6H,2-3H2,1H3. The molecule has 0 fully saturated rings. The summed E-state index contributed by atoms with van der Waals surface area (Å²) >= 11 is 3.12. The van der Waals surface area contributed by atoms with Gasteiger partial charge in [0.05, 0.1) is 0 Å². The van der Waals surface area contributed by atoms with E-state index in [9.17, 15) is 0 Å². The molecule has 0 heterocycles. The molecule has 1 N–H and O–H groups in total. The Morgan fingerprint density at radius 3 is 2.75 bits per heavy atom. The van der Waals surface area contributed by atoms with Crippen LogP contribution in [0.15, 0.2) is 0 Å². The predicted molar refractivity (Wildman–Crippen MR) is 34.7 cm³/mol. The molecule has 0 saturated heterocycles. The van der Waals surface area contributed by atoms with Crippen molar-refractivity contribution in [2.24, 2.45) is 0 Å². The highest BCUT2D eigenvalue weighted by Gasteiger charge is 2.10. The van der Waals surface area contributed by atoms with Crippen LogP contribution >= 0.6 is 15.9 Å². The van der Waals surface area contributed by atoms with Crippen molar-refractivity contribution in [3.63, 3.8) is 0 Å². The molecule has 0 aromatic rings. The SMILES string of the molecule is COB(O)OCCBr. The Hall–Kier alpha value is 0.425. The zero-order valence-electron chi connectivity index (χ0n) is 4.63. The zero-order valence-corrected chi connectivity index (χ0v) is 6.22. The quantitative estimate of drug-likeness (QED) is 0.493. The molecule has 48 valence electrons. The first-order valence-electron chi connectivity index (χ1n) is 2.19. The van der Waals surface area contributed by atoms with Crippen molar-refractivity contribution in [2.45, 2.75) is 0 Å². The number of hydrogen-bond acceptors (Lipinski definition) is 3. The molecule has 0 amide bonds. The summed E-state index contributed by atoms with van der Waals surface area (Å²) in [5.41, 5.74) is 0. The molecule has 0 unspecified atom stereocenters. The summed E-state index contributed by atoms with van der Waals surface area (Å²) in [4.78, 5) is 0. The lowest BCUT2D eigenvalue weighted by atomic mass is 10.2. The minimum atomic E-state index is -1.08. The average Bonchev–Trinajstić information content (AvgIpc) is 1.83. The maximum Gasteiger partial charge on any atom is 0.636 e. The number of alkyl halides is 1. The molecule has 0 atom stereocenters. The van der Waals surface area contributed by atoms with Gasteiger partial charge in [-0.2, -0.15) is 0 Å². The van der Waals surface area contributed by atoms with Crippen LogP contribution in [0.2, 0.25) is 0 Å². The van der Waals surface area contributed by atoms with Gasteiger partial charge >= 0.3 is 7.32 Å². The molecule has 0 aliphatic carbocycles. The van der Waals surface area contributed by atoms with Crippen LogP contribution < -0.4 is 0 Å². The van der Waals surface area contributed by atoms with E-state index in [1.165, 1.54) is 7.11 Å². The molecular formula is C3H8BBrO3. The topological polar surface area (TPSA) is 38.7 Å². The molecule has 0 spiro atoms. The molecular weight excluding hydrogens is 175 g/mol. The summed E-state index contributed by atoms with van der Waals surface area (Å²) in [7, 11) is 0.298. The van der Waals surface area contributed by atoms with Crippen molar-refractivity contribution in [2.75, 3.05) is 19.0 Å². The summed E-state index contributed by atoms with van der Waals surface area (Å²) in [6.45, 7) is 0.453. The molecule has 0 aromatic carbocycles. The normalized spacial score (nSPS) is 9.38. The maximum absolute atomic E-state index is 8.52. The van der Waals surface area contributed by atoms with E-state index in [0.29, 0.717) is 11.9 Å². The largest absolute Gasteiger partial charge is 0.636 e. The first-order valence-corrected chi connectivity index (χ1v) is 3.32. The van der Waals surface area contributed by atoms with Crippen molar-refractivity contribution in [3.05, 3.63) is 0 Å². The van der Waals surface area contributed by atoms with Gasteiger partial charge in [-0.15, -0.1) is 0 Å². The van der Waals surface area contributed by atoms with Crippen LogP contribution in [0.1, 0.15) is 0 Å². The van der Waals surface area contributed by atoms with E-state index in [1.54, 1.807) is 0 Å². The highest BCUT2D eigenvalue weighted by molar-refractivity contribution is 9.09. The summed E-state index contributed by atoms with van der Waals surface area (Å²) in [6.07, 6.45) is 0. The Morgan fingerprint density at radius 1 is 1.75 bits per heavy atom. The molecule has 0 rings (SSSR count). The number of rotatable bonds is 4. The smallest absolute Gasteiger partial charge is 0.402 e. The van der Waals surface area contributed by atoms with Crippen LogP contribution in [-0.4, -0.2) is 31.4 Å². The molecule has 0 aliphatic heterocycles. The zero-order chi connectivity index (χ0) is 6.41. The van der Waals surface area contributed by atoms with Crippen LogP contribution in [-0.2, 0) is 9.31 Å². The van der Waals surface area contributed by atoms with Crippen molar-refractivity contribution < 1.29 is 14.3 Å². The van der Waals surface area contributed by atoms with Crippen LogP contribution in [0.4, 0.5) is 0 Å². The van der Waals surface area contributed by atoms with E-state index in [1.807, 2.05) is 0 Å². The first kappa shape index (κ1) is 8.42. The van der Waals surface area contributed by atoms with Gasteiger partial charge in [-0.3, -0.25) is 0 Å². The van der Waals surface area contributed by atoms with Crippen molar-refractivity contribution in [1.82, 2.24) is 0 Å². The minimum Gasteiger partial charge on any atom is -0.402 e. The molecule has 3 nitrogen and oxygen atoms in total. The summed E-state index contributed by atoms with van der Waals surface area (Å²) < 4.78 is 8.99. The van der Waals surface area contributed by atoms with E-state index in [0.717, 1.165) is 0 Å². The highest BCUT2D eigenvalue weighted by atomic mass is 79.9. The number of halogens is 1. The Labute approximate surface area is 57.3 Å². The van der Waals surface area contributed by atoms with Crippen molar-refractivity contribution in [3.8, 4) is 0 Å². The second-order valence-electron chi connectivity index (χ2n) is 1.10. The molecule has 0 aliphatic rings. The summed E-state index contributed by atoms with van der Waals surface area (Å²) in [6, 6.07) is 0. The summed E-state index contributed by atoms with van der Waals surface area (Å²) in [5, 5.41) is 9.23. The second kappa shape index (κ2) is 5.56. The van der Waals surface area contributed by atoms with Gasteiger partial charge in [-0.25, -0.2) is 0 Å². The lowest BCUT2D eigenvalue weighted by Crippen LogP contribution is -2.21. The molecule has 8 heavy (non-hydrogen) atoms. The van der Waals surface area contributed by atoms with Gasteiger partial charge in [0, 0.05) is 19.0 Å². The third-order valence-corrected chi connectivity index (χ3v) is 0.863. The Bertz CT molecular complexity index is 53.8. The first-order chi connectivity index (χ1) is 3.81. The van der Waals surface area contributed by atoms with Gasteiger partial charge in [-0.1, -0.05) is 15.9 Å². The Balaban J connectivity index is 2.86. The van der Waals surface area contributed by atoms with E-state index in [-0.39, 0.29) is 0 Å². The number of hydrogen-bond donors (Lipinski definition) is 1. The van der Waals surface area contributed by atoms with Gasteiger partial charge in [0.2, 0.25) is 0 Å². The highest BCUT2D eigenvalue weighted by Crippen LogP contribution is 1.84. The van der Waals surface area contributed by atoms with E-state index in [4.69, 9.17) is 5.02 Å². The van der Waals surface area contributed by atoms with Crippen molar-refractivity contribution >= 4 is 23.3 Å². The van der Waals surface area contributed by atoms with E-state index in [2.05, 4.69) is 25.2 Å². The monoisotopic (exact) mass is 182 g/mol. The maximum atomic E-state index is 8.52.